The van der Waals surface area contributed by atoms with Crippen molar-refractivity contribution in [3.05, 3.63) is 71.8 Å². The topological polar surface area (TPSA) is 123 Å². The quantitative estimate of drug-likeness (QED) is 0.317. The molecule has 2 amide bonds. The Labute approximate surface area is 230 Å². The lowest BCUT2D eigenvalue weighted by Gasteiger charge is -2.30. The van der Waals surface area contributed by atoms with Crippen molar-refractivity contribution in [2.24, 2.45) is 5.92 Å². The molecule has 1 fully saturated rings. The van der Waals surface area contributed by atoms with Gasteiger partial charge in [-0.3, -0.25) is 14.4 Å². The zero-order chi connectivity index (χ0) is 27.9. The van der Waals surface area contributed by atoms with Crippen LogP contribution in [0.5, 0.6) is 0 Å². The number of hydrogen-bond donors (Lipinski definition) is 3. The Bertz CT molecular complexity index is 1060. The summed E-state index contributed by atoms with van der Waals surface area (Å²) in [4.78, 5) is 51.7. The first-order valence-electron chi connectivity index (χ1n) is 13.7. The molecule has 9 heteroatoms. The third kappa shape index (κ3) is 10.5. The summed E-state index contributed by atoms with van der Waals surface area (Å²) in [7, 11) is 0. The SMILES string of the molecule is CCNCC(=O)N[C@@H](CC(=O)OCc1ccccc1)C(=O)N[C@H](C(=O)OCc1ccccc1)C1CCCCC1. The largest absolute Gasteiger partial charge is 0.461 e. The van der Waals surface area contributed by atoms with Crippen molar-refractivity contribution in [1.29, 1.82) is 0 Å². The van der Waals surface area contributed by atoms with Gasteiger partial charge >= 0.3 is 11.9 Å². The summed E-state index contributed by atoms with van der Waals surface area (Å²) in [5, 5.41) is 8.33. The molecule has 1 aliphatic rings. The van der Waals surface area contributed by atoms with Gasteiger partial charge in [-0.25, -0.2) is 4.79 Å². The number of benzene rings is 2. The van der Waals surface area contributed by atoms with Gasteiger partial charge in [-0.05, 0) is 36.4 Å². The van der Waals surface area contributed by atoms with Crippen LogP contribution in [-0.2, 0) is 41.9 Å². The van der Waals surface area contributed by atoms with Gasteiger partial charge in [0.2, 0.25) is 11.8 Å². The molecule has 2 aromatic rings. The van der Waals surface area contributed by atoms with E-state index in [9.17, 15) is 19.2 Å². The summed E-state index contributed by atoms with van der Waals surface area (Å²) >= 11 is 0. The molecule has 39 heavy (non-hydrogen) atoms. The molecule has 3 rings (SSSR count). The van der Waals surface area contributed by atoms with E-state index in [1.54, 1.807) is 0 Å². The second-order valence-electron chi connectivity index (χ2n) is 9.73. The van der Waals surface area contributed by atoms with Crippen molar-refractivity contribution in [2.45, 2.75) is 70.7 Å². The maximum Gasteiger partial charge on any atom is 0.329 e. The molecule has 0 unspecified atom stereocenters. The van der Waals surface area contributed by atoms with Crippen LogP contribution in [0.2, 0.25) is 0 Å². The van der Waals surface area contributed by atoms with Crippen LogP contribution in [0, 0.1) is 5.92 Å². The smallest absolute Gasteiger partial charge is 0.329 e. The van der Waals surface area contributed by atoms with Crippen molar-refractivity contribution >= 4 is 23.8 Å². The van der Waals surface area contributed by atoms with Crippen LogP contribution in [0.15, 0.2) is 60.7 Å². The molecular formula is C30H39N3O6. The first-order chi connectivity index (χ1) is 19.0. The van der Waals surface area contributed by atoms with E-state index in [-0.39, 0.29) is 32.1 Å². The summed E-state index contributed by atoms with van der Waals surface area (Å²) in [6.07, 6.45) is 4.18. The van der Waals surface area contributed by atoms with Gasteiger partial charge in [-0.2, -0.15) is 0 Å². The highest BCUT2D eigenvalue weighted by molar-refractivity contribution is 5.93. The highest BCUT2D eigenvalue weighted by Crippen LogP contribution is 2.27. The van der Waals surface area contributed by atoms with E-state index >= 15 is 0 Å². The molecule has 0 radical (unpaired) electrons. The van der Waals surface area contributed by atoms with Crippen molar-refractivity contribution < 1.29 is 28.7 Å². The molecular weight excluding hydrogens is 498 g/mol. The number of hydrogen-bond acceptors (Lipinski definition) is 7. The number of carbonyl (C=O) groups excluding carboxylic acids is 4. The van der Waals surface area contributed by atoms with Crippen molar-refractivity contribution in [2.75, 3.05) is 13.1 Å². The van der Waals surface area contributed by atoms with Gasteiger partial charge in [0.1, 0.15) is 25.3 Å². The van der Waals surface area contributed by atoms with E-state index < -0.39 is 35.8 Å². The fourth-order valence-corrected chi connectivity index (χ4v) is 4.57. The van der Waals surface area contributed by atoms with Crippen molar-refractivity contribution in [3.8, 4) is 0 Å². The van der Waals surface area contributed by atoms with Gasteiger partial charge in [-0.15, -0.1) is 0 Å². The Hall–Kier alpha value is -3.72. The highest BCUT2D eigenvalue weighted by atomic mass is 16.5. The zero-order valence-electron chi connectivity index (χ0n) is 22.5. The predicted molar refractivity (Wildman–Crippen MR) is 146 cm³/mol. The first-order valence-corrected chi connectivity index (χ1v) is 13.7. The molecule has 0 bridgehead atoms. The Morgan fingerprint density at radius 2 is 1.41 bits per heavy atom. The predicted octanol–water partition coefficient (Wildman–Crippen LogP) is 3.02. The van der Waals surface area contributed by atoms with Gasteiger partial charge in [0, 0.05) is 0 Å². The summed E-state index contributed by atoms with van der Waals surface area (Å²) in [5.41, 5.74) is 1.65. The van der Waals surface area contributed by atoms with E-state index in [2.05, 4.69) is 16.0 Å². The standard InChI is InChI=1S/C30H39N3O6/c1-2-31-19-26(34)32-25(18-27(35)38-20-22-12-6-3-7-13-22)29(36)33-28(24-16-10-5-11-17-24)30(37)39-21-23-14-8-4-9-15-23/h3-4,6-9,12-15,24-25,28,31H,2,5,10-11,16-21H2,1H3,(H,32,34)(H,33,36)/t25-,28-/m0/s1. The molecule has 1 aliphatic carbocycles. The Balaban J connectivity index is 1.68. The highest BCUT2D eigenvalue weighted by Gasteiger charge is 2.35. The van der Waals surface area contributed by atoms with E-state index in [1.807, 2.05) is 67.6 Å². The molecule has 0 heterocycles. The summed E-state index contributed by atoms with van der Waals surface area (Å²) < 4.78 is 10.9. The van der Waals surface area contributed by atoms with Gasteiger partial charge < -0.3 is 25.4 Å². The van der Waals surface area contributed by atoms with Gasteiger partial charge in [0.25, 0.3) is 0 Å². The molecule has 1 saturated carbocycles. The zero-order valence-corrected chi connectivity index (χ0v) is 22.5. The number of carbonyl (C=O) groups is 4. The van der Waals surface area contributed by atoms with Crippen LogP contribution < -0.4 is 16.0 Å². The minimum Gasteiger partial charge on any atom is -0.461 e. The van der Waals surface area contributed by atoms with Gasteiger partial charge in [0.15, 0.2) is 0 Å². The Morgan fingerprint density at radius 1 is 0.821 bits per heavy atom. The first kappa shape index (κ1) is 29.8. The van der Waals surface area contributed by atoms with Crippen LogP contribution in [0.25, 0.3) is 0 Å². The number of likely N-dealkylation sites (N-methyl/N-ethyl adjacent to an activating group) is 1. The van der Waals surface area contributed by atoms with Crippen LogP contribution in [-0.4, -0.2) is 48.9 Å². The van der Waals surface area contributed by atoms with Gasteiger partial charge in [0.05, 0.1) is 13.0 Å². The summed E-state index contributed by atoms with van der Waals surface area (Å²) in [5.74, 6) is -2.31. The molecule has 2 aromatic carbocycles. The number of nitrogens with one attached hydrogen (secondary N) is 3. The maximum atomic E-state index is 13.4. The second-order valence-corrected chi connectivity index (χ2v) is 9.73. The van der Waals surface area contributed by atoms with Crippen LogP contribution in [0.4, 0.5) is 0 Å². The maximum absolute atomic E-state index is 13.4. The normalized spacial score (nSPS) is 15.0. The summed E-state index contributed by atoms with van der Waals surface area (Å²) in [6.45, 7) is 2.56. The average molecular weight is 538 g/mol. The second kappa shape index (κ2) is 16.3. The van der Waals surface area contributed by atoms with Crippen molar-refractivity contribution in [1.82, 2.24) is 16.0 Å². The van der Waals surface area contributed by atoms with E-state index in [0.29, 0.717) is 6.54 Å². The van der Waals surface area contributed by atoms with Gasteiger partial charge in [-0.1, -0.05) is 86.8 Å². The van der Waals surface area contributed by atoms with E-state index in [4.69, 9.17) is 9.47 Å². The van der Waals surface area contributed by atoms with Crippen LogP contribution in [0.3, 0.4) is 0 Å². The minimum absolute atomic E-state index is 0.00941. The van der Waals surface area contributed by atoms with E-state index in [1.165, 1.54) is 0 Å². The number of ether oxygens (including phenoxy) is 2. The molecule has 9 nitrogen and oxygen atoms in total. The Morgan fingerprint density at radius 3 is 2.00 bits per heavy atom. The number of amides is 2. The average Bonchev–Trinajstić information content (AvgIpc) is 2.97. The Kier molecular flexibility index (Phi) is 12.5. The van der Waals surface area contributed by atoms with Crippen molar-refractivity contribution in [3.63, 3.8) is 0 Å². The number of esters is 2. The molecule has 3 N–H and O–H groups in total. The molecule has 0 saturated heterocycles. The molecule has 2 atom stereocenters. The van der Waals surface area contributed by atoms with E-state index in [0.717, 1.165) is 43.2 Å². The molecule has 0 aromatic heterocycles. The minimum atomic E-state index is -1.20. The summed E-state index contributed by atoms with van der Waals surface area (Å²) in [6, 6.07) is 16.4. The lowest BCUT2D eigenvalue weighted by atomic mass is 9.83. The molecule has 0 aliphatic heterocycles. The lowest BCUT2D eigenvalue weighted by Crippen LogP contribution is -2.55. The van der Waals surface area contributed by atoms with Crippen LogP contribution >= 0.6 is 0 Å². The monoisotopic (exact) mass is 537 g/mol. The molecule has 0 spiro atoms. The fraction of sp³-hybridized carbons (Fsp3) is 0.467. The van der Waals surface area contributed by atoms with Crippen LogP contribution in [0.1, 0.15) is 56.6 Å². The third-order valence-corrected chi connectivity index (χ3v) is 6.70. The third-order valence-electron chi connectivity index (χ3n) is 6.70. The fourth-order valence-electron chi connectivity index (χ4n) is 4.57. The molecule has 210 valence electrons. The lowest BCUT2D eigenvalue weighted by molar-refractivity contribution is -0.152. The number of rotatable bonds is 14.